The van der Waals surface area contributed by atoms with E-state index < -0.39 is 23.8 Å². The van der Waals surface area contributed by atoms with E-state index in [4.69, 9.17) is 5.11 Å². The number of hydrazone groups is 1. The maximum absolute atomic E-state index is 13.5. The van der Waals surface area contributed by atoms with Crippen LogP contribution in [0.25, 0.3) is 0 Å². The number of benzene rings is 1. The van der Waals surface area contributed by atoms with E-state index in [-0.39, 0.29) is 23.7 Å². The Balaban J connectivity index is 1.47. The lowest BCUT2D eigenvalue weighted by Crippen LogP contribution is -2.34. The summed E-state index contributed by atoms with van der Waals surface area (Å²) in [7, 11) is 0. The van der Waals surface area contributed by atoms with Gasteiger partial charge in [-0.1, -0.05) is 0 Å². The topological polar surface area (TPSA) is 73.2 Å². The first kappa shape index (κ1) is 16.9. The van der Waals surface area contributed by atoms with Crippen LogP contribution in [-0.4, -0.2) is 46.3 Å². The molecule has 3 aliphatic rings. The van der Waals surface area contributed by atoms with Gasteiger partial charge in [0.1, 0.15) is 11.6 Å². The van der Waals surface area contributed by atoms with Crippen molar-refractivity contribution in [3.05, 3.63) is 35.4 Å². The maximum Gasteiger partial charge on any atom is 0.407 e. The van der Waals surface area contributed by atoms with E-state index in [2.05, 4.69) is 5.10 Å². The van der Waals surface area contributed by atoms with E-state index >= 15 is 0 Å². The molecule has 4 atom stereocenters. The maximum atomic E-state index is 13.5. The summed E-state index contributed by atoms with van der Waals surface area (Å²) < 4.78 is 27.1. The number of halogens is 2. The van der Waals surface area contributed by atoms with Crippen LogP contribution in [-0.2, 0) is 4.79 Å². The Bertz CT molecular complexity index is 751. The van der Waals surface area contributed by atoms with Gasteiger partial charge in [0.2, 0.25) is 5.91 Å². The molecule has 0 aromatic heterocycles. The summed E-state index contributed by atoms with van der Waals surface area (Å²) in [6, 6.07) is 2.77. The van der Waals surface area contributed by atoms with Crippen molar-refractivity contribution in [3.8, 4) is 0 Å². The molecular weight excluding hydrogens is 344 g/mol. The number of hydrogen-bond acceptors (Lipinski definition) is 3. The molecule has 0 bridgehead atoms. The molecule has 1 N–H and O–H groups in total. The number of likely N-dealkylation sites (tertiary alicyclic amines) is 1. The number of carbonyl (C=O) groups is 2. The van der Waals surface area contributed by atoms with E-state index in [1.165, 1.54) is 22.0 Å². The molecule has 2 heterocycles. The summed E-state index contributed by atoms with van der Waals surface area (Å²) in [4.78, 5) is 25.4. The van der Waals surface area contributed by atoms with Gasteiger partial charge in [-0.15, -0.1) is 0 Å². The van der Waals surface area contributed by atoms with Crippen LogP contribution in [0.15, 0.2) is 23.3 Å². The highest BCUT2D eigenvalue weighted by Crippen LogP contribution is 2.43. The minimum Gasteiger partial charge on any atom is -0.465 e. The normalized spacial score (nSPS) is 30.1. The average Bonchev–Trinajstić information content (AvgIpc) is 3.27. The second kappa shape index (κ2) is 6.34. The number of rotatable bonds is 2. The van der Waals surface area contributed by atoms with Crippen LogP contribution in [0.5, 0.6) is 0 Å². The van der Waals surface area contributed by atoms with Gasteiger partial charge in [0.05, 0.1) is 6.04 Å². The van der Waals surface area contributed by atoms with Gasteiger partial charge < -0.3 is 10.0 Å². The Labute approximate surface area is 149 Å². The third-order valence-corrected chi connectivity index (χ3v) is 5.70. The third-order valence-electron chi connectivity index (χ3n) is 5.70. The summed E-state index contributed by atoms with van der Waals surface area (Å²) in [5, 5.41) is 14.6. The summed E-state index contributed by atoms with van der Waals surface area (Å²) in [6.45, 7) is 0.928. The SMILES string of the molecule is O=C(O)N1C[C@H]2CC(C(=O)N3N=CCC3c3cc(F)cc(F)c3)C[C@H]2C1. The monoisotopic (exact) mass is 363 g/mol. The molecule has 8 heteroatoms. The van der Waals surface area contributed by atoms with Crippen LogP contribution in [0.1, 0.15) is 30.9 Å². The van der Waals surface area contributed by atoms with Gasteiger partial charge in [-0.05, 0) is 42.4 Å². The van der Waals surface area contributed by atoms with Crippen molar-refractivity contribution in [2.24, 2.45) is 22.9 Å². The van der Waals surface area contributed by atoms with Crippen LogP contribution in [0.2, 0.25) is 0 Å². The van der Waals surface area contributed by atoms with Crippen LogP contribution in [0.4, 0.5) is 13.6 Å². The zero-order valence-corrected chi connectivity index (χ0v) is 14.0. The molecule has 1 aliphatic carbocycles. The van der Waals surface area contributed by atoms with E-state index in [1.807, 2.05) is 0 Å². The molecule has 4 rings (SSSR count). The smallest absolute Gasteiger partial charge is 0.407 e. The zero-order valence-electron chi connectivity index (χ0n) is 14.0. The molecule has 1 aromatic rings. The van der Waals surface area contributed by atoms with Crippen molar-refractivity contribution >= 4 is 18.2 Å². The van der Waals surface area contributed by atoms with Gasteiger partial charge in [-0.3, -0.25) is 4.79 Å². The number of nitrogens with zero attached hydrogens (tertiary/aromatic N) is 3. The average molecular weight is 363 g/mol. The van der Waals surface area contributed by atoms with Gasteiger partial charge in [0.15, 0.2) is 0 Å². The van der Waals surface area contributed by atoms with Gasteiger partial charge in [-0.2, -0.15) is 5.10 Å². The van der Waals surface area contributed by atoms with E-state index in [0.29, 0.717) is 37.9 Å². The molecule has 0 spiro atoms. The van der Waals surface area contributed by atoms with Crippen LogP contribution >= 0.6 is 0 Å². The summed E-state index contributed by atoms with van der Waals surface area (Å²) >= 11 is 0. The highest BCUT2D eigenvalue weighted by molar-refractivity contribution is 5.82. The number of amides is 2. The van der Waals surface area contributed by atoms with Gasteiger partial charge in [-0.25, -0.2) is 18.6 Å². The summed E-state index contributed by atoms with van der Waals surface area (Å²) in [6.07, 6.45) is 2.35. The molecule has 0 radical (unpaired) electrons. The van der Waals surface area contributed by atoms with Gasteiger partial charge in [0, 0.05) is 37.7 Å². The molecule has 138 valence electrons. The minimum atomic E-state index is -0.917. The molecule has 2 aliphatic heterocycles. The second-order valence-corrected chi connectivity index (χ2v) is 7.31. The minimum absolute atomic E-state index is 0.148. The quantitative estimate of drug-likeness (QED) is 0.878. The number of fused-ring (bicyclic) bond motifs is 1. The lowest BCUT2D eigenvalue weighted by molar-refractivity contribution is -0.137. The fraction of sp³-hybridized carbons (Fsp3) is 0.500. The molecule has 2 amide bonds. The molecule has 26 heavy (non-hydrogen) atoms. The summed E-state index contributed by atoms with van der Waals surface area (Å²) in [5.74, 6) is -1.35. The van der Waals surface area contributed by atoms with Crippen molar-refractivity contribution < 1.29 is 23.5 Å². The Morgan fingerprint density at radius 3 is 2.27 bits per heavy atom. The first-order valence-corrected chi connectivity index (χ1v) is 8.71. The zero-order chi connectivity index (χ0) is 18.4. The number of carbonyl (C=O) groups excluding carboxylic acids is 1. The van der Waals surface area contributed by atoms with Gasteiger partial charge >= 0.3 is 6.09 Å². The largest absolute Gasteiger partial charge is 0.465 e. The first-order valence-electron chi connectivity index (χ1n) is 8.71. The second-order valence-electron chi connectivity index (χ2n) is 7.31. The van der Waals surface area contributed by atoms with Gasteiger partial charge in [0.25, 0.3) is 0 Å². The van der Waals surface area contributed by atoms with Crippen LogP contribution in [0, 0.1) is 29.4 Å². The standard InChI is InChI=1S/C18H19F2N3O3/c19-14-5-10(6-15(20)7-14)16-1-2-21-23(16)17(24)11-3-12-8-22(18(25)26)9-13(12)4-11/h2,5-7,11-13,16H,1,3-4,8-9H2,(H,25,26)/t11?,12-,13+,16?. The first-order chi connectivity index (χ1) is 12.4. The molecule has 1 aromatic carbocycles. The molecular formula is C18H19F2N3O3. The molecule has 1 saturated heterocycles. The fourth-order valence-corrected chi connectivity index (χ4v) is 4.52. The lowest BCUT2D eigenvalue weighted by atomic mass is 10.0. The fourth-order valence-electron chi connectivity index (χ4n) is 4.52. The van der Waals surface area contributed by atoms with E-state index in [1.54, 1.807) is 6.21 Å². The highest BCUT2D eigenvalue weighted by atomic mass is 19.1. The summed E-state index contributed by atoms with van der Waals surface area (Å²) in [5.41, 5.74) is 0.392. The van der Waals surface area contributed by atoms with Crippen molar-refractivity contribution in [1.29, 1.82) is 0 Å². The van der Waals surface area contributed by atoms with Crippen molar-refractivity contribution in [2.45, 2.75) is 25.3 Å². The van der Waals surface area contributed by atoms with Crippen LogP contribution in [0.3, 0.4) is 0 Å². The lowest BCUT2D eigenvalue weighted by Gasteiger charge is -2.25. The Hall–Kier alpha value is -2.51. The number of hydrogen-bond donors (Lipinski definition) is 1. The molecule has 2 fully saturated rings. The van der Waals surface area contributed by atoms with Crippen molar-refractivity contribution in [1.82, 2.24) is 9.91 Å². The number of carboxylic acid groups (broad SMARTS) is 1. The van der Waals surface area contributed by atoms with Crippen LogP contribution < -0.4 is 0 Å². The van der Waals surface area contributed by atoms with E-state index in [0.717, 1.165) is 6.07 Å². The van der Waals surface area contributed by atoms with Crippen molar-refractivity contribution in [3.63, 3.8) is 0 Å². The Morgan fingerprint density at radius 2 is 1.69 bits per heavy atom. The third kappa shape index (κ3) is 2.93. The molecule has 1 saturated carbocycles. The molecule has 6 nitrogen and oxygen atoms in total. The predicted octanol–water partition coefficient (Wildman–Crippen LogP) is 2.86. The highest BCUT2D eigenvalue weighted by Gasteiger charge is 2.46. The Morgan fingerprint density at radius 1 is 1.08 bits per heavy atom. The molecule has 2 unspecified atom stereocenters. The Kier molecular flexibility index (Phi) is 4.13. The predicted molar refractivity (Wildman–Crippen MR) is 88.4 cm³/mol. The van der Waals surface area contributed by atoms with Crippen molar-refractivity contribution in [2.75, 3.05) is 13.1 Å². The van der Waals surface area contributed by atoms with E-state index in [9.17, 15) is 18.4 Å².